The molecule has 0 bridgehead atoms. The molecule has 0 spiro atoms. The first-order valence-electron chi connectivity index (χ1n) is 15.0. The minimum absolute atomic E-state index is 0.0248. The predicted molar refractivity (Wildman–Crippen MR) is 189 cm³/mol. The summed E-state index contributed by atoms with van der Waals surface area (Å²) in [5.74, 6) is -2.48. The highest BCUT2D eigenvalue weighted by molar-refractivity contribution is 7.92. The molecule has 7 aromatic rings. The standard InChI is InChI=1S/C34H23Cl2F2N9O3S/c1-46(17-19-13-15-39-16-14-19)34(48)30-20-5-2-3-7-25(20)47(44-30)27-12-11-24-32(42-27)33(41-18-40-24)43-31-22(37)9-10-23(29(31)38)45-51(49,50)26-8-4-6-21(35)28(26)36/h2-16,18,45H,17H2,1H3,(H,40,41,43). The van der Waals surface area contributed by atoms with Gasteiger partial charge in [-0.2, -0.15) is 5.10 Å². The van der Waals surface area contributed by atoms with Crippen molar-refractivity contribution >= 4 is 78.3 Å². The van der Waals surface area contributed by atoms with Crippen LogP contribution in [0.5, 0.6) is 0 Å². The lowest BCUT2D eigenvalue weighted by atomic mass is 10.2. The molecule has 0 aliphatic rings. The Morgan fingerprint density at radius 2 is 1.73 bits per heavy atom. The van der Waals surface area contributed by atoms with E-state index in [0.717, 1.165) is 17.7 Å². The van der Waals surface area contributed by atoms with E-state index in [4.69, 9.17) is 23.2 Å². The lowest BCUT2D eigenvalue weighted by molar-refractivity contribution is 0.0780. The number of carbonyl (C=O) groups is 1. The number of nitrogens with zero attached hydrogens (tertiary/aromatic N) is 7. The first-order valence-corrected chi connectivity index (χ1v) is 17.2. The zero-order chi connectivity index (χ0) is 35.9. The van der Waals surface area contributed by atoms with Crippen molar-refractivity contribution in [3.8, 4) is 5.82 Å². The van der Waals surface area contributed by atoms with E-state index in [1.54, 1.807) is 60.7 Å². The van der Waals surface area contributed by atoms with Gasteiger partial charge in [-0.15, -0.1) is 0 Å². The molecule has 256 valence electrons. The number of carbonyl (C=O) groups excluding carboxylic acids is 1. The van der Waals surface area contributed by atoms with Crippen molar-refractivity contribution in [2.45, 2.75) is 11.4 Å². The van der Waals surface area contributed by atoms with E-state index in [1.807, 2.05) is 12.1 Å². The van der Waals surface area contributed by atoms with E-state index in [2.05, 4.69) is 35.1 Å². The van der Waals surface area contributed by atoms with Gasteiger partial charge in [0.05, 0.1) is 26.8 Å². The lowest BCUT2D eigenvalue weighted by Gasteiger charge is -2.16. The van der Waals surface area contributed by atoms with Gasteiger partial charge in [0.25, 0.3) is 15.9 Å². The number of benzene rings is 3. The molecule has 1 amide bonds. The zero-order valence-electron chi connectivity index (χ0n) is 26.2. The van der Waals surface area contributed by atoms with Crippen LogP contribution < -0.4 is 10.0 Å². The molecule has 0 unspecified atom stereocenters. The van der Waals surface area contributed by atoms with Crippen molar-refractivity contribution in [1.29, 1.82) is 0 Å². The van der Waals surface area contributed by atoms with Gasteiger partial charge in [0.15, 0.2) is 23.1 Å². The van der Waals surface area contributed by atoms with Crippen LogP contribution in [0.2, 0.25) is 10.0 Å². The van der Waals surface area contributed by atoms with E-state index in [1.165, 1.54) is 29.2 Å². The number of aromatic nitrogens is 6. The highest BCUT2D eigenvalue weighted by atomic mass is 35.5. The van der Waals surface area contributed by atoms with Crippen LogP contribution in [0.3, 0.4) is 0 Å². The van der Waals surface area contributed by atoms with Crippen molar-refractivity contribution < 1.29 is 22.0 Å². The van der Waals surface area contributed by atoms with Crippen LogP contribution in [0.25, 0.3) is 27.8 Å². The van der Waals surface area contributed by atoms with Crippen LogP contribution >= 0.6 is 23.2 Å². The first-order chi connectivity index (χ1) is 24.5. The molecular weight excluding hydrogens is 723 g/mol. The number of hydrogen-bond donors (Lipinski definition) is 2. The lowest BCUT2D eigenvalue weighted by Crippen LogP contribution is -2.27. The van der Waals surface area contributed by atoms with E-state index >= 15 is 8.78 Å². The van der Waals surface area contributed by atoms with E-state index in [0.29, 0.717) is 23.0 Å². The van der Waals surface area contributed by atoms with Gasteiger partial charge < -0.3 is 10.2 Å². The van der Waals surface area contributed by atoms with Crippen LogP contribution in [0.15, 0.2) is 102 Å². The first kappa shape index (κ1) is 33.7. The number of nitrogens with one attached hydrogen (secondary N) is 2. The number of amides is 1. The van der Waals surface area contributed by atoms with Crippen LogP contribution in [0.1, 0.15) is 16.1 Å². The molecule has 3 aromatic carbocycles. The van der Waals surface area contributed by atoms with Crippen molar-refractivity contribution in [3.05, 3.63) is 131 Å². The monoisotopic (exact) mass is 745 g/mol. The van der Waals surface area contributed by atoms with Gasteiger partial charge in [-0.05, 0) is 60.2 Å². The maximum Gasteiger partial charge on any atom is 0.275 e. The third-order valence-corrected chi connectivity index (χ3v) is 10.1. The Bertz CT molecular complexity index is 2590. The summed E-state index contributed by atoms with van der Waals surface area (Å²) in [6.07, 6.45) is 4.47. The Balaban J connectivity index is 1.24. The Kier molecular flexibility index (Phi) is 8.93. The average molecular weight is 747 g/mol. The van der Waals surface area contributed by atoms with Gasteiger partial charge in [0.2, 0.25) is 0 Å². The van der Waals surface area contributed by atoms with E-state index in [9.17, 15) is 13.2 Å². The average Bonchev–Trinajstić information content (AvgIpc) is 3.52. The molecule has 51 heavy (non-hydrogen) atoms. The number of hydrogen-bond acceptors (Lipinski definition) is 9. The highest BCUT2D eigenvalue weighted by Gasteiger charge is 2.25. The van der Waals surface area contributed by atoms with E-state index < -0.39 is 37.9 Å². The van der Waals surface area contributed by atoms with Crippen LogP contribution in [-0.2, 0) is 16.6 Å². The summed E-state index contributed by atoms with van der Waals surface area (Å²) in [6.45, 7) is 0.327. The molecule has 0 fully saturated rings. The largest absolute Gasteiger partial charge is 0.336 e. The zero-order valence-corrected chi connectivity index (χ0v) is 28.5. The smallest absolute Gasteiger partial charge is 0.275 e. The van der Waals surface area contributed by atoms with Crippen molar-refractivity contribution in [2.75, 3.05) is 17.1 Å². The third kappa shape index (κ3) is 6.49. The maximum atomic E-state index is 15.8. The summed E-state index contributed by atoms with van der Waals surface area (Å²) in [4.78, 5) is 31.9. The van der Waals surface area contributed by atoms with Gasteiger partial charge in [0, 0.05) is 31.4 Å². The molecule has 12 nitrogen and oxygen atoms in total. The van der Waals surface area contributed by atoms with Gasteiger partial charge in [-0.3, -0.25) is 14.5 Å². The second-order valence-corrected chi connectivity index (χ2v) is 13.6. The second-order valence-electron chi connectivity index (χ2n) is 11.1. The number of halogens is 4. The summed E-state index contributed by atoms with van der Waals surface area (Å²) >= 11 is 12.1. The minimum Gasteiger partial charge on any atom is -0.336 e. The minimum atomic E-state index is -4.44. The quantitative estimate of drug-likeness (QED) is 0.157. The Morgan fingerprint density at radius 3 is 2.53 bits per heavy atom. The fraction of sp³-hybridized carbons (Fsp3) is 0.0588. The summed E-state index contributed by atoms with van der Waals surface area (Å²) in [7, 11) is -2.77. The van der Waals surface area contributed by atoms with Crippen molar-refractivity contribution in [2.24, 2.45) is 0 Å². The number of fused-ring (bicyclic) bond motifs is 2. The number of rotatable bonds is 9. The Labute approximate surface area is 298 Å². The van der Waals surface area contributed by atoms with Gasteiger partial charge in [-0.1, -0.05) is 47.5 Å². The molecule has 17 heteroatoms. The fourth-order valence-corrected chi connectivity index (χ4v) is 7.13. The third-order valence-electron chi connectivity index (χ3n) is 7.77. The second kappa shape index (κ2) is 13.5. The molecule has 2 N–H and O–H groups in total. The number of para-hydroxylation sites is 1. The summed E-state index contributed by atoms with van der Waals surface area (Å²) in [6, 6.07) is 19.8. The Morgan fingerprint density at radius 1 is 0.941 bits per heavy atom. The molecule has 0 radical (unpaired) electrons. The summed E-state index contributed by atoms with van der Waals surface area (Å²) < 4.78 is 60.7. The Hall–Kier alpha value is -5.77. The van der Waals surface area contributed by atoms with Crippen molar-refractivity contribution in [3.63, 3.8) is 0 Å². The normalized spacial score (nSPS) is 11.5. The molecule has 0 atom stereocenters. The topological polar surface area (TPSA) is 148 Å². The van der Waals surface area contributed by atoms with Gasteiger partial charge in [0.1, 0.15) is 28.2 Å². The van der Waals surface area contributed by atoms with Crippen LogP contribution in [0, 0.1) is 11.6 Å². The fourth-order valence-electron chi connectivity index (χ4n) is 5.31. The molecule has 0 saturated carbocycles. The number of sulfonamides is 1. The highest BCUT2D eigenvalue weighted by Crippen LogP contribution is 2.34. The van der Waals surface area contributed by atoms with Crippen LogP contribution in [-0.4, -0.2) is 56.0 Å². The van der Waals surface area contributed by atoms with Crippen LogP contribution in [0.4, 0.5) is 26.0 Å². The predicted octanol–water partition coefficient (Wildman–Crippen LogP) is 7.16. The number of anilines is 3. The summed E-state index contributed by atoms with van der Waals surface area (Å²) in [5, 5.41) is 7.54. The molecule has 7 rings (SSSR count). The molecule has 0 saturated heterocycles. The molecule has 4 aromatic heterocycles. The number of pyridine rings is 2. The molecule has 0 aliphatic carbocycles. The van der Waals surface area contributed by atoms with Crippen molar-refractivity contribution in [1.82, 2.24) is 34.6 Å². The molecule has 0 aliphatic heterocycles. The summed E-state index contributed by atoms with van der Waals surface area (Å²) in [5.41, 5.74) is 0.789. The van der Waals surface area contributed by atoms with Gasteiger partial charge in [-0.25, -0.2) is 36.8 Å². The SMILES string of the molecule is CN(Cc1ccncc1)C(=O)c1nn(-c2ccc3ncnc(Nc4c(F)ccc(NS(=O)(=O)c5cccc(Cl)c5Cl)c4F)c3n2)c2ccccc12. The maximum absolute atomic E-state index is 15.8. The molecular formula is C34H23Cl2F2N9O3S. The van der Waals surface area contributed by atoms with E-state index in [-0.39, 0.29) is 38.8 Å². The molecule has 4 heterocycles. The van der Waals surface area contributed by atoms with Gasteiger partial charge >= 0.3 is 0 Å².